The van der Waals surface area contributed by atoms with Crippen LogP contribution in [-0.4, -0.2) is 59.6 Å². The molecule has 2 aromatic carbocycles. The Balaban J connectivity index is 0.000000201. The Morgan fingerprint density at radius 3 is 1.19 bits per heavy atom. The molecular weight excluding hydrogens is 508 g/mol. The van der Waals surface area contributed by atoms with Gasteiger partial charge in [-0.2, -0.15) is 16.8 Å². The summed E-state index contributed by atoms with van der Waals surface area (Å²) in [5.41, 5.74) is 2.00. The summed E-state index contributed by atoms with van der Waals surface area (Å²) in [6.07, 6.45) is 6.01. The fraction of sp³-hybridized carbons (Fsp3) is 0.273. The first-order valence-electron chi connectivity index (χ1n) is 10.7. The third kappa shape index (κ3) is 8.34. The molecular formula is C22H26N6O6S2. The van der Waals surface area contributed by atoms with Crippen molar-refractivity contribution in [2.75, 3.05) is 13.2 Å². The summed E-state index contributed by atoms with van der Waals surface area (Å²) in [6.45, 7) is 4.66. The molecule has 0 unspecified atom stereocenters. The van der Waals surface area contributed by atoms with Gasteiger partial charge in [0.05, 0.1) is 23.0 Å². The Morgan fingerprint density at radius 2 is 0.889 bits per heavy atom. The predicted molar refractivity (Wildman–Crippen MR) is 129 cm³/mol. The molecule has 0 aliphatic rings. The standard InChI is InChI=1S/2C11H13N3O3S/c2*1-10-2-4-11(5-3-10)18(15,16)17-7-6-14-8-12-13-9-14/h2*2-5,8-9H,6-7H2,1H3. The Kier molecular flexibility index (Phi) is 9.41. The van der Waals surface area contributed by atoms with E-state index in [0.29, 0.717) is 13.1 Å². The molecule has 0 aliphatic carbocycles. The summed E-state index contributed by atoms with van der Waals surface area (Å²) in [6, 6.07) is 13.1. The Bertz CT molecular complexity index is 1290. The maximum absolute atomic E-state index is 11.8. The number of hydrogen-bond donors (Lipinski definition) is 0. The van der Waals surface area contributed by atoms with Crippen molar-refractivity contribution >= 4 is 20.2 Å². The number of aromatic nitrogens is 6. The van der Waals surface area contributed by atoms with Crippen LogP contribution in [0.1, 0.15) is 11.1 Å². The maximum Gasteiger partial charge on any atom is 0.297 e. The van der Waals surface area contributed by atoms with E-state index < -0.39 is 20.2 Å². The molecule has 0 saturated carbocycles. The van der Waals surface area contributed by atoms with E-state index in [1.54, 1.807) is 33.4 Å². The van der Waals surface area contributed by atoms with E-state index in [0.717, 1.165) is 11.1 Å². The molecule has 14 heteroatoms. The molecule has 2 heterocycles. The first-order chi connectivity index (χ1) is 17.2. The molecule has 0 saturated heterocycles. The smallest absolute Gasteiger partial charge is 0.297 e. The fourth-order valence-corrected chi connectivity index (χ4v) is 4.52. The van der Waals surface area contributed by atoms with Crippen molar-refractivity contribution in [1.29, 1.82) is 0 Å². The Morgan fingerprint density at radius 1 is 0.583 bits per heavy atom. The molecule has 0 amide bonds. The van der Waals surface area contributed by atoms with Gasteiger partial charge in [0.25, 0.3) is 20.2 Å². The van der Waals surface area contributed by atoms with Crippen LogP contribution in [0, 0.1) is 13.8 Å². The number of aryl methyl sites for hydroxylation is 2. The van der Waals surface area contributed by atoms with Crippen molar-refractivity contribution in [2.45, 2.75) is 36.7 Å². The minimum absolute atomic E-state index is 0.0499. The monoisotopic (exact) mass is 534 g/mol. The SMILES string of the molecule is Cc1ccc(S(=O)(=O)OCCn2cnnc2)cc1.Cc1ccc(S(=O)(=O)OCCn2cnnc2)cc1. The second-order valence-corrected chi connectivity index (χ2v) is 10.8. The summed E-state index contributed by atoms with van der Waals surface area (Å²) < 4.78 is 60.4. The minimum atomic E-state index is -3.68. The van der Waals surface area contributed by atoms with Gasteiger partial charge in [0.2, 0.25) is 0 Å². The molecule has 0 radical (unpaired) electrons. The zero-order valence-corrected chi connectivity index (χ0v) is 21.3. The molecule has 4 aromatic rings. The van der Waals surface area contributed by atoms with Gasteiger partial charge in [-0.05, 0) is 38.1 Å². The van der Waals surface area contributed by atoms with Gasteiger partial charge in [-0.1, -0.05) is 35.4 Å². The first-order valence-corrected chi connectivity index (χ1v) is 13.5. The topological polar surface area (TPSA) is 148 Å². The van der Waals surface area contributed by atoms with Gasteiger partial charge in [-0.25, -0.2) is 0 Å². The average molecular weight is 535 g/mol. The summed E-state index contributed by atoms with van der Waals surface area (Å²) >= 11 is 0. The van der Waals surface area contributed by atoms with Crippen molar-refractivity contribution in [1.82, 2.24) is 29.5 Å². The van der Waals surface area contributed by atoms with Crippen LogP contribution >= 0.6 is 0 Å². The largest absolute Gasteiger partial charge is 0.318 e. The summed E-state index contributed by atoms with van der Waals surface area (Å²) in [4.78, 5) is 0.328. The summed E-state index contributed by atoms with van der Waals surface area (Å²) in [5, 5.41) is 14.5. The highest BCUT2D eigenvalue weighted by Crippen LogP contribution is 2.14. The highest BCUT2D eigenvalue weighted by molar-refractivity contribution is 7.87. The van der Waals surface area contributed by atoms with Crippen LogP contribution in [0.5, 0.6) is 0 Å². The van der Waals surface area contributed by atoms with E-state index in [2.05, 4.69) is 20.4 Å². The molecule has 0 spiro atoms. The molecule has 0 bridgehead atoms. The van der Waals surface area contributed by atoms with E-state index >= 15 is 0 Å². The van der Waals surface area contributed by atoms with Crippen molar-refractivity contribution in [3.05, 3.63) is 85.0 Å². The lowest BCUT2D eigenvalue weighted by molar-refractivity contribution is 0.300. The van der Waals surface area contributed by atoms with Crippen molar-refractivity contribution in [3.8, 4) is 0 Å². The number of benzene rings is 2. The van der Waals surface area contributed by atoms with Crippen LogP contribution < -0.4 is 0 Å². The van der Waals surface area contributed by atoms with Crippen molar-refractivity contribution < 1.29 is 25.2 Å². The maximum atomic E-state index is 11.8. The predicted octanol–water partition coefficient (Wildman–Crippen LogP) is 1.98. The van der Waals surface area contributed by atoms with Gasteiger partial charge in [0.15, 0.2) is 0 Å². The van der Waals surface area contributed by atoms with Crippen LogP contribution in [0.2, 0.25) is 0 Å². The van der Waals surface area contributed by atoms with Crippen molar-refractivity contribution in [3.63, 3.8) is 0 Å². The van der Waals surface area contributed by atoms with Gasteiger partial charge >= 0.3 is 0 Å². The molecule has 36 heavy (non-hydrogen) atoms. The average Bonchev–Trinajstić information content (AvgIpc) is 3.55. The quantitative estimate of drug-likeness (QED) is 0.277. The molecule has 4 rings (SSSR count). The molecule has 12 nitrogen and oxygen atoms in total. The van der Waals surface area contributed by atoms with Gasteiger partial charge < -0.3 is 9.13 Å². The van der Waals surface area contributed by atoms with Gasteiger partial charge in [-0.3, -0.25) is 8.37 Å². The van der Waals surface area contributed by atoms with E-state index in [1.807, 2.05) is 13.8 Å². The van der Waals surface area contributed by atoms with Gasteiger partial charge in [-0.15, -0.1) is 20.4 Å². The van der Waals surface area contributed by atoms with Crippen LogP contribution in [0.15, 0.2) is 83.6 Å². The molecule has 0 fully saturated rings. The van der Waals surface area contributed by atoms with Gasteiger partial charge in [0.1, 0.15) is 25.3 Å². The Labute approximate surface area is 209 Å². The van der Waals surface area contributed by atoms with E-state index in [4.69, 9.17) is 8.37 Å². The lowest BCUT2D eigenvalue weighted by atomic mass is 10.2. The second-order valence-electron chi connectivity index (χ2n) is 7.58. The summed E-state index contributed by atoms with van der Waals surface area (Å²) in [5.74, 6) is 0. The van der Waals surface area contributed by atoms with Crippen LogP contribution in [0.25, 0.3) is 0 Å². The lowest BCUT2D eigenvalue weighted by Gasteiger charge is -2.06. The Hall–Kier alpha value is -3.46. The second kappa shape index (κ2) is 12.5. The number of nitrogens with zero attached hydrogens (tertiary/aromatic N) is 6. The van der Waals surface area contributed by atoms with Crippen LogP contribution in [-0.2, 0) is 41.7 Å². The third-order valence-corrected chi connectivity index (χ3v) is 7.38. The highest BCUT2D eigenvalue weighted by atomic mass is 32.2. The third-order valence-electron chi connectivity index (χ3n) is 4.73. The van der Waals surface area contributed by atoms with Gasteiger partial charge in [0, 0.05) is 13.1 Å². The van der Waals surface area contributed by atoms with E-state index in [1.165, 1.54) is 49.6 Å². The molecule has 0 aliphatic heterocycles. The molecule has 192 valence electrons. The zero-order chi connectivity index (χ0) is 26.0. The first kappa shape index (κ1) is 27.1. The lowest BCUT2D eigenvalue weighted by Crippen LogP contribution is -2.11. The van der Waals surface area contributed by atoms with Crippen molar-refractivity contribution in [2.24, 2.45) is 0 Å². The highest BCUT2D eigenvalue weighted by Gasteiger charge is 2.15. The van der Waals surface area contributed by atoms with E-state index in [-0.39, 0.29) is 23.0 Å². The molecule has 2 aromatic heterocycles. The molecule has 0 N–H and O–H groups in total. The minimum Gasteiger partial charge on any atom is -0.318 e. The van der Waals surface area contributed by atoms with Crippen LogP contribution in [0.4, 0.5) is 0 Å². The fourth-order valence-electron chi connectivity index (χ4n) is 2.73. The zero-order valence-electron chi connectivity index (χ0n) is 19.7. The van der Waals surface area contributed by atoms with Crippen LogP contribution in [0.3, 0.4) is 0 Å². The van der Waals surface area contributed by atoms with E-state index in [9.17, 15) is 16.8 Å². The normalized spacial score (nSPS) is 11.6. The number of rotatable bonds is 10. The number of hydrogen-bond acceptors (Lipinski definition) is 10. The molecule has 0 atom stereocenters. The summed E-state index contributed by atoms with van der Waals surface area (Å²) in [7, 11) is -7.37.